The first kappa shape index (κ1) is 15.5. The van der Waals surface area contributed by atoms with Crippen molar-refractivity contribution in [3.05, 3.63) is 42.1 Å². The zero-order valence-corrected chi connectivity index (χ0v) is 13.4. The van der Waals surface area contributed by atoms with E-state index in [2.05, 4.69) is 46.2 Å². The molecule has 1 N–H and O–H groups in total. The molecular weight excluding hydrogens is 262 g/mol. The third-order valence-corrected chi connectivity index (χ3v) is 3.38. The van der Waals surface area contributed by atoms with E-state index >= 15 is 0 Å². The lowest BCUT2D eigenvalue weighted by Crippen LogP contribution is -2.21. The van der Waals surface area contributed by atoms with Gasteiger partial charge in [-0.1, -0.05) is 13.8 Å². The van der Waals surface area contributed by atoms with E-state index in [0.717, 1.165) is 31.3 Å². The molecule has 0 aliphatic heterocycles. The summed E-state index contributed by atoms with van der Waals surface area (Å²) in [5.41, 5.74) is 1.26. The highest BCUT2D eigenvalue weighted by Gasteiger charge is 2.07. The molecule has 0 saturated carbocycles. The molecule has 21 heavy (non-hydrogen) atoms. The van der Waals surface area contributed by atoms with E-state index in [4.69, 9.17) is 0 Å². The summed E-state index contributed by atoms with van der Waals surface area (Å²) in [5.74, 6) is 2.67. The molecule has 0 amide bonds. The number of aromatic nitrogens is 3. The molecule has 0 radical (unpaired) electrons. The molecule has 0 saturated heterocycles. The number of hydrogen-bond acceptors (Lipinski definition) is 4. The van der Waals surface area contributed by atoms with Gasteiger partial charge in [-0.05, 0) is 30.2 Å². The molecule has 2 rings (SSSR count). The van der Waals surface area contributed by atoms with Crippen LogP contribution in [0.1, 0.15) is 25.2 Å². The van der Waals surface area contributed by atoms with E-state index < -0.39 is 0 Å². The molecule has 0 aliphatic carbocycles. The number of nitrogens with one attached hydrogen (secondary N) is 1. The first-order chi connectivity index (χ1) is 10.1. The molecule has 0 atom stereocenters. The van der Waals surface area contributed by atoms with E-state index in [1.54, 1.807) is 0 Å². The zero-order valence-electron chi connectivity index (χ0n) is 13.4. The van der Waals surface area contributed by atoms with Crippen LogP contribution in [0.2, 0.25) is 0 Å². The first-order valence-corrected chi connectivity index (χ1v) is 7.39. The highest BCUT2D eigenvalue weighted by atomic mass is 15.2. The standard InChI is InChI=1S/C16H25N5/c1-13(2)10-17-11-14-5-6-18-15(9-14)21(4)12-16-19-7-8-20(16)3/h5-9,13,17H,10-12H2,1-4H3. The predicted molar refractivity (Wildman–Crippen MR) is 86.1 cm³/mol. The third kappa shape index (κ3) is 4.56. The van der Waals surface area contributed by atoms with Gasteiger partial charge in [0.15, 0.2) is 0 Å². The van der Waals surface area contributed by atoms with Gasteiger partial charge < -0.3 is 14.8 Å². The molecule has 0 aromatic carbocycles. The van der Waals surface area contributed by atoms with Crippen LogP contribution >= 0.6 is 0 Å². The van der Waals surface area contributed by atoms with E-state index in [0.29, 0.717) is 5.92 Å². The summed E-state index contributed by atoms with van der Waals surface area (Å²) in [6.07, 6.45) is 5.66. The molecule has 114 valence electrons. The summed E-state index contributed by atoms with van der Waals surface area (Å²) < 4.78 is 2.03. The monoisotopic (exact) mass is 287 g/mol. The van der Waals surface area contributed by atoms with Crippen molar-refractivity contribution in [3.8, 4) is 0 Å². The van der Waals surface area contributed by atoms with Crippen LogP contribution in [0.15, 0.2) is 30.7 Å². The van der Waals surface area contributed by atoms with Gasteiger partial charge in [0.25, 0.3) is 0 Å². The SMILES string of the molecule is CC(C)CNCc1ccnc(N(C)Cc2nccn2C)c1. The van der Waals surface area contributed by atoms with Crippen LogP contribution in [0.4, 0.5) is 5.82 Å². The van der Waals surface area contributed by atoms with Crippen LogP contribution < -0.4 is 10.2 Å². The maximum Gasteiger partial charge on any atom is 0.128 e. The van der Waals surface area contributed by atoms with Gasteiger partial charge >= 0.3 is 0 Å². The molecule has 2 heterocycles. The Kier molecular flexibility index (Phi) is 5.33. The fraction of sp³-hybridized carbons (Fsp3) is 0.500. The summed E-state index contributed by atoms with van der Waals surface area (Å²) in [6, 6.07) is 4.20. The number of pyridine rings is 1. The molecular formula is C16H25N5. The number of rotatable bonds is 7. The summed E-state index contributed by atoms with van der Waals surface area (Å²) >= 11 is 0. The molecule has 2 aromatic heterocycles. The molecule has 2 aromatic rings. The number of aryl methyl sites for hydroxylation is 1. The van der Waals surface area contributed by atoms with Gasteiger partial charge in [-0.25, -0.2) is 9.97 Å². The highest BCUT2D eigenvalue weighted by molar-refractivity contribution is 5.40. The zero-order chi connectivity index (χ0) is 15.2. The number of imidazole rings is 1. The molecule has 0 fully saturated rings. The number of anilines is 1. The van der Waals surface area contributed by atoms with Crippen molar-refractivity contribution in [1.82, 2.24) is 19.9 Å². The van der Waals surface area contributed by atoms with Crippen LogP contribution in [-0.2, 0) is 20.1 Å². The van der Waals surface area contributed by atoms with Gasteiger partial charge in [-0.2, -0.15) is 0 Å². The summed E-state index contributed by atoms with van der Waals surface area (Å²) in [6.45, 7) is 7.08. The van der Waals surface area contributed by atoms with Gasteiger partial charge in [-0.3, -0.25) is 0 Å². The largest absolute Gasteiger partial charge is 0.352 e. The van der Waals surface area contributed by atoms with E-state index in [1.807, 2.05) is 37.3 Å². The summed E-state index contributed by atoms with van der Waals surface area (Å²) in [5, 5.41) is 3.46. The van der Waals surface area contributed by atoms with Gasteiger partial charge in [-0.15, -0.1) is 0 Å². The van der Waals surface area contributed by atoms with Gasteiger partial charge in [0, 0.05) is 39.2 Å². The van der Waals surface area contributed by atoms with Gasteiger partial charge in [0.05, 0.1) is 6.54 Å². The van der Waals surface area contributed by atoms with Crippen molar-refractivity contribution >= 4 is 5.82 Å². The smallest absolute Gasteiger partial charge is 0.128 e. The van der Waals surface area contributed by atoms with Crippen molar-refractivity contribution in [2.45, 2.75) is 26.9 Å². The summed E-state index contributed by atoms with van der Waals surface area (Å²) in [7, 11) is 4.05. The van der Waals surface area contributed by atoms with E-state index in [9.17, 15) is 0 Å². The topological polar surface area (TPSA) is 46.0 Å². The van der Waals surface area contributed by atoms with Crippen molar-refractivity contribution < 1.29 is 0 Å². The summed E-state index contributed by atoms with van der Waals surface area (Å²) in [4.78, 5) is 10.9. The Morgan fingerprint density at radius 2 is 2.10 bits per heavy atom. The fourth-order valence-electron chi connectivity index (χ4n) is 2.13. The maximum atomic E-state index is 4.45. The number of nitrogens with zero attached hydrogens (tertiary/aromatic N) is 4. The van der Waals surface area contributed by atoms with E-state index in [-0.39, 0.29) is 0 Å². The second-order valence-electron chi connectivity index (χ2n) is 5.86. The van der Waals surface area contributed by atoms with E-state index in [1.165, 1.54) is 5.56 Å². The van der Waals surface area contributed by atoms with Crippen LogP contribution in [0.25, 0.3) is 0 Å². The van der Waals surface area contributed by atoms with Crippen molar-refractivity contribution in [3.63, 3.8) is 0 Å². The first-order valence-electron chi connectivity index (χ1n) is 7.39. The minimum absolute atomic E-state index is 0.664. The minimum atomic E-state index is 0.664. The lowest BCUT2D eigenvalue weighted by Gasteiger charge is -2.18. The average Bonchev–Trinajstić information content (AvgIpc) is 2.84. The minimum Gasteiger partial charge on any atom is -0.352 e. The quantitative estimate of drug-likeness (QED) is 0.848. The Morgan fingerprint density at radius 3 is 2.76 bits per heavy atom. The Hall–Kier alpha value is -1.88. The Balaban J connectivity index is 1.97. The fourth-order valence-corrected chi connectivity index (χ4v) is 2.13. The molecule has 0 spiro atoms. The lowest BCUT2D eigenvalue weighted by molar-refractivity contribution is 0.552. The second kappa shape index (κ2) is 7.22. The predicted octanol–water partition coefficient (Wildman–Crippen LogP) is 2.20. The Bertz CT molecular complexity index is 561. The molecule has 5 heteroatoms. The Labute approximate surface area is 127 Å². The maximum absolute atomic E-state index is 4.45. The molecule has 5 nitrogen and oxygen atoms in total. The van der Waals surface area contributed by atoms with Crippen molar-refractivity contribution in [1.29, 1.82) is 0 Å². The number of hydrogen-bond donors (Lipinski definition) is 1. The molecule has 0 bridgehead atoms. The van der Waals surface area contributed by atoms with Crippen molar-refractivity contribution in [2.75, 3.05) is 18.5 Å². The molecule has 0 aliphatic rings. The average molecular weight is 287 g/mol. The highest BCUT2D eigenvalue weighted by Crippen LogP contribution is 2.13. The van der Waals surface area contributed by atoms with Crippen LogP contribution in [0, 0.1) is 5.92 Å². The third-order valence-electron chi connectivity index (χ3n) is 3.38. The van der Waals surface area contributed by atoms with Crippen LogP contribution in [-0.4, -0.2) is 28.1 Å². The molecule has 0 unspecified atom stereocenters. The van der Waals surface area contributed by atoms with Gasteiger partial charge in [0.2, 0.25) is 0 Å². The Morgan fingerprint density at radius 1 is 1.29 bits per heavy atom. The van der Waals surface area contributed by atoms with Gasteiger partial charge in [0.1, 0.15) is 11.6 Å². The van der Waals surface area contributed by atoms with Crippen LogP contribution in [0.5, 0.6) is 0 Å². The lowest BCUT2D eigenvalue weighted by atomic mass is 10.2. The second-order valence-corrected chi connectivity index (χ2v) is 5.86. The van der Waals surface area contributed by atoms with Crippen molar-refractivity contribution in [2.24, 2.45) is 13.0 Å². The normalized spacial score (nSPS) is 11.1. The van der Waals surface area contributed by atoms with Crippen LogP contribution in [0.3, 0.4) is 0 Å².